The van der Waals surface area contributed by atoms with Crippen LogP contribution in [0.1, 0.15) is 19.4 Å². The predicted molar refractivity (Wildman–Crippen MR) is 119 cm³/mol. The van der Waals surface area contributed by atoms with Crippen LogP contribution in [0.4, 0.5) is 4.39 Å². The molecule has 0 aliphatic rings. The Morgan fingerprint density at radius 3 is 2.70 bits per heavy atom. The number of H-pyrrole nitrogens is 1. The standard InChI is InChI=1S/C19H28FN5O.HI/c1-13(2)10-23-19(24-12-18(26)25(3)4)21-8-7-14-11-22-17-9-15(20)5-6-16(14)17;/h5-6,9,11,13,22H,7-8,10,12H2,1-4H3,(H2,21,23,24);1H. The highest BCUT2D eigenvalue weighted by Gasteiger charge is 2.07. The van der Waals surface area contributed by atoms with Crippen molar-refractivity contribution in [2.75, 3.05) is 33.7 Å². The van der Waals surface area contributed by atoms with Crippen molar-refractivity contribution >= 4 is 46.7 Å². The van der Waals surface area contributed by atoms with Crippen LogP contribution in [0.5, 0.6) is 0 Å². The fourth-order valence-electron chi connectivity index (χ4n) is 2.44. The molecule has 150 valence electrons. The van der Waals surface area contributed by atoms with E-state index in [-0.39, 0.29) is 42.2 Å². The van der Waals surface area contributed by atoms with Gasteiger partial charge >= 0.3 is 0 Å². The van der Waals surface area contributed by atoms with Gasteiger partial charge in [-0.15, -0.1) is 24.0 Å². The second-order valence-corrected chi connectivity index (χ2v) is 6.91. The minimum absolute atomic E-state index is 0. The summed E-state index contributed by atoms with van der Waals surface area (Å²) in [5.41, 5.74) is 1.91. The lowest BCUT2D eigenvalue weighted by Gasteiger charge is -2.15. The molecule has 0 radical (unpaired) electrons. The van der Waals surface area contributed by atoms with Gasteiger partial charge in [0.25, 0.3) is 0 Å². The van der Waals surface area contributed by atoms with Crippen LogP contribution in [0.15, 0.2) is 29.4 Å². The van der Waals surface area contributed by atoms with Crippen LogP contribution in [0.25, 0.3) is 10.9 Å². The molecule has 2 aromatic rings. The maximum atomic E-state index is 13.3. The average Bonchev–Trinajstić information content (AvgIpc) is 2.98. The van der Waals surface area contributed by atoms with Crippen LogP contribution in [-0.4, -0.2) is 55.5 Å². The Hall–Kier alpha value is -1.84. The average molecular weight is 489 g/mol. The van der Waals surface area contributed by atoms with E-state index in [4.69, 9.17) is 0 Å². The summed E-state index contributed by atoms with van der Waals surface area (Å²) in [6, 6.07) is 4.76. The van der Waals surface area contributed by atoms with Gasteiger partial charge in [-0.1, -0.05) is 13.8 Å². The number of aromatic nitrogens is 1. The van der Waals surface area contributed by atoms with Crippen LogP contribution in [-0.2, 0) is 11.2 Å². The molecule has 1 aromatic carbocycles. The number of hydrogen-bond donors (Lipinski definition) is 3. The van der Waals surface area contributed by atoms with E-state index in [0.29, 0.717) is 18.4 Å². The number of rotatable bonds is 7. The minimum atomic E-state index is -0.248. The summed E-state index contributed by atoms with van der Waals surface area (Å²) in [4.78, 5) is 20.7. The lowest BCUT2D eigenvalue weighted by Crippen LogP contribution is -2.41. The second-order valence-electron chi connectivity index (χ2n) is 6.91. The molecule has 2 rings (SSSR count). The smallest absolute Gasteiger partial charge is 0.243 e. The summed E-state index contributed by atoms with van der Waals surface area (Å²) in [5.74, 6) is 0.797. The number of aromatic amines is 1. The zero-order chi connectivity index (χ0) is 19.1. The molecular formula is C19H29FIN5O. The molecule has 1 amide bonds. The number of benzene rings is 1. The molecule has 1 heterocycles. The molecule has 27 heavy (non-hydrogen) atoms. The van der Waals surface area contributed by atoms with E-state index in [0.717, 1.165) is 29.4 Å². The van der Waals surface area contributed by atoms with Crippen molar-refractivity contribution in [2.24, 2.45) is 10.9 Å². The van der Waals surface area contributed by atoms with Gasteiger partial charge in [0.2, 0.25) is 5.91 Å². The summed E-state index contributed by atoms with van der Waals surface area (Å²) >= 11 is 0. The number of guanidine groups is 1. The lowest BCUT2D eigenvalue weighted by molar-refractivity contribution is -0.127. The van der Waals surface area contributed by atoms with Gasteiger partial charge in [0, 0.05) is 44.3 Å². The fourth-order valence-corrected chi connectivity index (χ4v) is 2.44. The highest BCUT2D eigenvalue weighted by Crippen LogP contribution is 2.19. The van der Waals surface area contributed by atoms with E-state index in [9.17, 15) is 9.18 Å². The van der Waals surface area contributed by atoms with E-state index in [1.54, 1.807) is 20.2 Å². The SMILES string of the molecule is CC(C)CNC(=NCC(=O)N(C)C)NCCc1c[nH]c2cc(F)ccc12.I. The van der Waals surface area contributed by atoms with Gasteiger partial charge in [0.1, 0.15) is 12.4 Å². The molecule has 0 fully saturated rings. The molecule has 0 unspecified atom stereocenters. The summed E-state index contributed by atoms with van der Waals surface area (Å²) in [6.07, 6.45) is 2.66. The molecule has 0 atom stereocenters. The number of aliphatic imine (C=N–C) groups is 1. The van der Waals surface area contributed by atoms with Gasteiger partial charge in [-0.3, -0.25) is 4.79 Å². The van der Waals surface area contributed by atoms with Crippen molar-refractivity contribution in [2.45, 2.75) is 20.3 Å². The molecule has 0 aliphatic carbocycles. The monoisotopic (exact) mass is 489 g/mol. The first-order valence-electron chi connectivity index (χ1n) is 8.84. The summed E-state index contributed by atoms with van der Waals surface area (Å²) in [7, 11) is 3.43. The van der Waals surface area contributed by atoms with Crippen molar-refractivity contribution < 1.29 is 9.18 Å². The number of hydrogen-bond acceptors (Lipinski definition) is 2. The van der Waals surface area contributed by atoms with E-state index >= 15 is 0 Å². The Kier molecular flexibility index (Phi) is 9.54. The van der Waals surface area contributed by atoms with Gasteiger partial charge in [0.05, 0.1) is 0 Å². The quantitative estimate of drug-likeness (QED) is 0.318. The molecule has 0 bridgehead atoms. The highest BCUT2D eigenvalue weighted by atomic mass is 127. The van der Waals surface area contributed by atoms with Crippen molar-refractivity contribution in [3.05, 3.63) is 35.8 Å². The van der Waals surface area contributed by atoms with Crippen LogP contribution >= 0.6 is 24.0 Å². The first kappa shape index (κ1) is 23.2. The molecule has 0 saturated heterocycles. The van der Waals surface area contributed by atoms with Crippen molar-refractivity contribution in [3.8, 4) is 0 Å². The van der Waals surface area contributed by atoms with Crippen LogP contribution < -0.4 is 10.6 Å². The molecule has 3 N–H and O–H groups in total. The third-order valence-corrected chi connectivity index (χ3v) is 3.97. The summed E-state index contributed by atoms with van der Waals surface area (Å²) in [5, 5.41) is 7.53. The number of carbonyl (C=O) groups is 1. The Bertz CT molecular complexity index is 773. The van der Waals surface area contributed by atoms with Crippen molar-refractivity contribution in [3.63, 3.8) is 0 Å². The maximum absolute atomic E-state index is 13.3. The maximum Gasteiger partial charge on any atom is 0.243 e. The van der Waals surface area contributed by atoms with Crippen LogP contribution in [0.3, 0.4) is 0 Å². The lowest BCUT2D eigenvalue weighted by atomic mass is 10.1. The third kappa shape index (κ3) is 7.36. The largest absolute Gasteiger partial charge is 0.361 e. The molecular weight excluding hydrogens is 460 g/mol. The van der Waals surface area contributed by atoms with Crippen LogP contribution in [0, 0.1) is 11.7 Å². The predicted octanol–water partition coefficient (Wildman–Crippen LogP) is 2.75. The number of carbonyl (C=O) groups excluding carboxylic acids is 1. The molecule has 1 aromatic heterocycles. The highest BCUT2D eigenvalue weighted by molar-refractivity contribution is 14.0. The van der Waals surface area contributed by atoms with Gasteiger partial charge < -0.3 is 20.5 Å². The number of likely N-dealkylation sites (N-methyl/N-ethyl adjacent to an activating group) is 1. The Morgan fingerprint density at radius 2 is 2.04 bits per heavy atom. The second kappa shape index (κ2) is 11.1. The zero-order valence-electron chi connectivity index (χ0n) is 16.3. The topological polar surface area (TPSA) is 72.5 Å². The molecule has 0 aliphatic heterocycles. The number of fused-ring (bicyclic) bond motifs is 1. The van der Waals surface area contributed by atoms with E-state index in [2.05, 4.69) is 34.5 Å². The summed E-state index contributed by atoms with van der Waals surface area (Å²) in [6.45, 7) is 5.76. The summed E-state index contributed by atoms with van der Waals surface area (Å²) < 4.78 is 13.3. The third-order valence-electron chi connectivity index (χ3n) is 3.97. The molecule has 0 spiro atoms. The molecule has 8 heteroatoms. The zero-order valence-corrected chi connectivity index (χ0v) is 18.6. The van der Waals surface area contributed by atoms with Crippen molar-refractivity contribution in [1.82, 2.24) is 20.5 Å². The minimum Gasteiger partial charge on any atom is -0.361 e. The van der Waals surface area contributed by atoms with Gasteiger partial charge in [-0.25, -0.2) is 9.38 Å². The van der Waals surface area contributed by atoms with E-state index in [1.165, 1.54) is 17.0 Å². The van der Waals surface area contributed by atoms with Crippen molar-refractivity contribution in [1.29, 1.82) is 0 Å². The number of amides is 1. The Morgan fingerprint density at radius 1 is 1.30 bits per heavy atom. The van der Waals surface area contributed by atoms with Gasteiger partial charge in [0.15, 0.2) is 5.96 Å². The molecule has 0 saturated carbocycles. The Labute approximate surface area is 177 Å². The number of nitrogens with one attached hydrogen (secondary N) is 3. The number of nitrogens with zero attached hydrogens (tertiary/aromatic N) is 2. The number of halogens is 2. The fraction of sp³-hybridized carbons (Fsp3) is 0.474. The van der Waals surface area contributed by atoms with Crippen LogP contribution in [0.2, 0.25) is 0 Å². The van der Waals surface area contributed by atoms with E-state index < -0.39 is 0 Å². The molecule has 6 nitrogen and oxygen atoms in total. The first-order valence-corrected chi connectivity index (χ1v) is 8.84. The normalized spacial score (nSPS) is 11.4. The van der Waals surface area contributed by atoms with Gasteiger partial charge in [-0.05, 0) is 36.1 Å². The van der Waals surface area contributed by atoms with E-state index in [1.807, 2.05) is 6.20 Å². The Balaban J connectivity index is 0.00000364. The van der Waals surface area contributed by atoms with Gasteiger partial charge in [-0.2, -0.15) is 0 Å². The first-order chi connectivity index (χ1) is 12.4.